The molecule has 0 aliphatic heterocycles. The largest absolute Gasteiger partial charge is 0.397 e. The molecule has 0 aliphatic rings. The van der Waals surface area contributed by atoms with E-state index in [1.54, 1.807) is 12.3 Å². The van der Waals surface area contributed by atoms with E-state index < -0.39 is 0 Å². The number of hydrogen-bond donors (Lipinski definition) is 4. The summed E-state index contributed by atoms with van der Waals surface area (Å²) in [4.78, 5) is 0. The van der Waals surface area contributed by atoms with Crippen LogP contribution in [0.25, 0.3) is 10.9 Å². The standard InChI is InChI=1S/C10H14N4O/c11-8-1-2-9(13-4-6-15)7-3-5-14(12)10(7)8/h1-3,5,13,15H,4,6,11-12H2. The van der Waals surface area contributed by atoms with E-state index in [-0.39, 0.29) is 6.61 Å². The molecule has 80 valence electrons. The number of aliphatic hydroxyl groups excluding tert-OH is 1. The highest BCUT2D eigenvalue weighted by molar-refractivity contribution is 5.99. The van der Waals surface area contributed by atoms with Gasteiger partial charge in [-0.25, -0.2) is 0 Å². The summed E-state index contributed by atoms with van der Waals surface area (Å²) in [5, 5.41) is 12.8. The summed E-state index contributed by atoms with van der Waals surface area (Å²) in [6.45, 7) is 0.601. The molecule has 0 unspecified atom stereocenters. The van der Waals surface area contributed by atoms with Crippen LogP contribution >= 0.6 is 0 Å². The van der Waals surface area contributed by atoms with Gasteiger partial charge in [0.05, 0.1) is 17.8 Å². The smallest absolute Gasteiger partial charge is 0.0939 e. The maximum absolute atomic E-state index is 8.74. The van der Waals surface area contributed by atoms with Crippen LogP contribution in [0.4, 0.5) is 11.4 Å². The minimum Gasteiger partial charge on any atom is -0.397 e. The lowest BCUT2D eigenvalue weighted by atomic mass is 10.2. The first-order chi connectivity index (χ1) is 7.24. The number of aromatic nitrogens is 1. The van der Waals surface area contributed by atoms with Crippen molar-refractivity contribution in [3.63, 3.8) is 0 Å². The van der Waals surface area contributed by atoms with Crippen LogP contribution < -0.4 is 16.9 Å². The van der Waals surface area contributed by atoms with Crippen molar-refractivity contribution in [1.82, 2.24) is 4.68 Å². The van der Waals surface area contributed by atoms with Gasteiger partial charge in [-0.2, -0.15) is 0 Å². The average molecular weight is 206 g/mol. The normalized spacial score (nSPS) is 10.7. The third kappa shape index (κ3) is 1.57. The number of aliphatic hydroxyl groups is 1. The van der Waals surface area contributed by atoms with Crippen LogP contribution in [0.2, 0.25) is 0 Å². The van der Waals surface area contributed by atoms with Gasteiger partial charge in [0.25, 0.3) is 0 Å². The molecule has 0 atom stereocenters. The monoisotopic (exact) mass is 206 g/mol. The molecule has 1 aromatic carbocycles. The topological polar surface area (TPSA) is 89.2 Å². The predicted octanol–water partition coefficient (Wildman–Crippen LogP) is 0.342. The molecule has 0 radical (unpaired) electrons. The highest BCUT2D eigenvalue weighted by Crippen LogP contribution is 2.28. The van der Waals surface area contributed by atoms with Crippen molar-refractivity contribution in [3.8, 4) is 0 Å². The van der Waals surface area contributed by atoms with Gasteiger partial charge in [0.15, 0.2) is 0 Å². The summed E-state index contributed by atoms with van der Waals surface area (Å²) in [6.07, 6.45) is 1.76. The van der Waals surface area contributed by atoms with Crippen molar-refractivity contribution in [3.05, 3.63) is 24.4 Å². The molecular formula is C10H14N4O. The number of nitrogen functional groups attached to an aromatic ring is 2. The number of nitrogens with one attached hydrogen (secondary N) is 1. The van der Waals surface area contributed by atoms with E-state index in [0.29, 0.717) is 12.2 Å². The number of benzene rings is 1. The van der Waals surface area contributed by atoms with Gasteiger partial charge in [-0.05, 0) is 18.2 Å². The first-order valence-corrected chi connectivity index (χ1v) is 4.73. The molecule has 5 heteroatoms. The molecule has 0 saturated heterocycles. The molecule has 2 aromatic rings. The SMILES string of the molecule is Nc1ccc(NCCO)c2ccn(N)c12. The van der Waals surface area contributed by atoms with Crippen molar-refractivity contribution in [2.75, 3.05) is 30.0 Å². The average Bonchev–Trinajstić information content (AvgIpc) is 2.61. The van der Waals surface area contributed by atoms with Crippen molar-refractivity contribution in [2.24, 2.45) is 0 Å². The van der Waals surface area contributed by atoms with E-state index >= 15 is 0 Å². The molecular weight excluding hydrogens is 192 g/mol. The molecule has 1 heterocycles. The molecule has 0 saturated carbocycles. The van der Waals surface area contributed by atoms with Gasteiger partial charge in [0.1, 0.15) is 0 Å². The molecule has 5 nitrogen and oxygen atoms in total. The fourth-order valence-corrected chi connectivity index (χ4v) is 1.66. The zero-order chi connectivity index (χ0) is 10.8. The van der Waals surface area contributed by atoms with Crippen molar-refractivity contribution in [2.45, 2.75) is 0 Å². The minimum atomic E-state index is 0.0925. The Balaban J connectivity index is 2.52. The molecule has 0 spiro atoms. The molecule has 15 heavy (non-hydrogen) atoms. The van der Waals surface area contributed by atoms with Gasteiger partial charge in [-0.1, -0.05) is 0 Å². The summed E-state index contributed by atoms with van der Waals surface area (Å²) in [7, 11) is 0. The maximum Gasteiger partial charge on any atom is 0.0939 e. The molecule has 2 rings (SSSR count). The number of nitrogens with two attached hydrogens (primary N) is 2. The van der Waals surface area contributed by atoms with Crippen LogP contribution in [0.15, 0.2) is 24.4 Å². The Morgan fingerprint density at radius 2 is 2.13 bits per heavy atom. The summed E-state index contributed by atoms with van der Waals surface area (Å²) < 4.78 is 1.49. The molecule has 0 fully saturated rings. The Bertz CT molecular complexity index is 477. The first kappa shape index (κ1) is 9.67. The first-order valence-electron chi connectivity index (χ1n) is 4.73. The van der Waals surface area contributed by atoms with E-state index in [1.165, 1.54) is 4.68 Å². The summed E-state index contributed by atoms with van der Waals surface area (Å²) in [6, 6.07) is 5.57. The second-order valence-corrected chi connectivity index (χ2v) is 3.34. The van der Waals surface area contributed by atoms with E-state index in [0.717, 1.165) is 16.6 Å². The molecule has 0 aliphatic carbocycles. The number of anilines is 2. The fourth-order valence-electron chi connectivity index (χ4n) is 1.66. The zero-order valence-electron chi connectivity index (χ0n) is 8.27. The van der Waals surface area contributed by atoms with E-state index in [1.807, 2.05) is 12.1 Å². The van der Waals surface area contributed by atoms with E-state index in [4.69, 9.17) is 16.7 Å². The van der Waals surface area contributed by atoms with Gasteiger partial charge in [-0.3, -0.25) is 4.68 Å². The van der Waals surface area contributed by atoms with Crippen LogP contribution in [0.3, 0.4) is 0 Å². The quantitative estimate of drug-likeness (QED) is 0.430. The Labute approximate surface area is 87.3 Å². The van der Waals surface area contributed by atoms with Gasteiger partial charge in [-0.15, -0.1) is 0 Å². The summed E-state index contributed by atoms with van der Waals surface area (Å²) in [5.41, 5.74) is 8.20. The minimum absolute atomic E-state index is 0.0925. The number of fused-ring (bicyclic) bond motifs is 1. The van der Waals surface area contributed by atoms with Crippen molar-refractivity contribution < 1.29 is 5.11 Å². The number of rotatable bonds is 3. The van der Waals surface area contributed by atoms with E-state index in [9.17, 15) is 0 Å². The van der Waals surface area contributed by atoms with Gasteiger partial charge < -0.3 is 22.0 Å². The maximum atomic E-state index is 8.74. The summed E-state index contributed by atoms with van der Waals surface area (Å²) in [5.74, 6) is 5.73. The Hall–Kier alpha value is -1.88. The van der Waals surface area contributed by atoms with Gasteiger partial charge >= 0.3 is 0 Å². The van der Waals surface area contributed by atoms with Crippen LogP contribution in [-0.4, -0.2) is 22.9 Å². The third-order valence-corrected chi connectivity index (χ3v) is 2.34. The molecule has 0 amide bonds. The molecule has 6 N–H and O–H groups in total. The fraction of sp³-hybridized carbons (Fsp3) is 0.200. The van der Waals surface area contributed by atoms with Crippen LogP contribution in [0.1, 0.15) is 0 Å². The predicted molar refractivity (Wildman–Crippen MR) is 62.1 cm³/mol. The van der Waals surface area contributed by atoms with Crippen LogP contribution in [0, 0.1) is 0 Å². The number of hydrogen-bond acceptors (Lipinski definition) is 4. The Morgan fingerprint density at radius 3 is 2.87 bits per heavy atom. The second kappa shape index (κ2) is 3.70. The molecule has 1 aromatic heterocycles. The van der Waals surface area contributed by atoms with Crippen molar-refractivity contribution in [1.29, 1.82) is 0 Å². The lowest BCUT2D eigenvalue weighted by Crippen LogP contribution is -2.09. The zero-order valence-corrected chi connectivity index (χ0v) is 8.27. The summed E-state index contributed by atoms with van der Waals surface area (Å²) >= 11 is 0. The Morgan fingerprint density at radius 1 is 1.33 bits per heavy atom. The molecule has 0 bridgehead atoms. The lowest BCUT2D eigenvalue weighted by molar-refractivity contribution is 0.311. The van der Waals surface area contributed by atoms with Crippen LogP contribution in [-0.2, 0) is 0 Å². The van der Waals surface area contributed by atoms with Crippen molar-refractivity contribution >= 4 is 22.3 Å². The van der Waals surface area contributed by atoms with Gasteiger partial charge in [0.2, 0.25) is 0 Å². The lowest BCUT2D eigenvalue weighted by Gasteiger charge is -2.08. The van der Waals surface area contributed by atoms with E-state index in [2.05, 4.69) is 5.32 Å². The second-order valence-electron chi connectivity index (χ2n) is 3.34. The van der Waals surface area contributed by atoms with Gasteiger partial charge in [0, 0.05) is 23.8 Å². The van der Waals surface area contributed by atoms with Crippen LogP contribution in [0.5, 0.6) is 0 Å². The number of nitrogens with zero attached hydrogens (tertiary/aromatic N) is 1. The third-order valence-electron chi connectivity index (χ3n) is 2.34. The Kier molecular flexibility index (Phi) is 2.39. The highest BCUT2D eigenvalue weighted by atomic mass is 16.3. The highest BCUT2D eigenvalue weighted by Gasteiger charge is 2.06.